The molecule has 0 saturated carbocycles. The van der Waals surface area contributed by atoms with Gasteiger partial charge in [0.05, 0.1) is 0 Å². The molecule has 0 bridgehead atoms. The molecule has 0 radical (unpaired) electrons. The van der Waals surface area contributed by atoms with Gasteiger partial charge in [-0.05, 0) is 58.1 Å². The monoisotopic (exact) mass is 501 g/mol. The third kappa shape index (κ3) is 9.67. The fourth-order valence-electron chi connectivity index (χ4n) is 3.95. The van der Waals surface area contributed by atoms with E-state index >= 15 is 0 Å². The number of nitrogens with one attached hydrogen (secondary N) is 2. The Balaban J connectivity index is 3.48. The van der Waals surface area contributed by atoms with Crippen LogP contribution in [0, 0.1) is 19.8 Å². The summed E-state index contributed by atoms with van der Waals surface area (Å²) in [7, 11) is 0. The standard InChI is InChI=1S/C29H47N3O4/c1-10-13-14-17-30-26(33)25(23-19-20(4)15-16-22(23)6)32(18-11-2)27(34)24(21(5)12-3)31-28(35)36-29(7,8)9/h11,15-16,19,21,24-25H,2,10,12-14,17-18H2,1,3-9H3,(H,30,33)(H,31,35). The van der Waals surface area contributed by atoms with Gasteiger partial charge in [-0.25, -0.2) is 4.79 Å². The predicted molar refractivity (Wildman–Crippen MR) is 146 cm³/mol. The number of benzene rings is 1. The minimum absolute atomic E-state index is 0.155. The minimum atomic E-state index is -0.857. The number of hydrogen-bond donors (Lipinski definition) is 2. The van der Waals surface area contributed by atoms with Crippen LogP contribution in [0.25, 0.3) is 0 Å². The van der Waals surface area contributed by atoms with Crippen LogP contribution in [0.4, 0.5) is 4.79 Å². The summed E-state index contributed by atoms with van der Waals surface area (Å²) in [6.07, 6.45) is 4.54. The Morgan fingerprint density at radius 1 is 1.14 bits per heavy atom. The van der Waals surface area contributed by atoms with E-state index in [0.29, 0.717) is 13.0 Å². The summed E-state index contributed by atoms with van der Waals surface area (Å²) in [5.74, 6) is -0.760. The lowest BCUT2D eigenvalue weighted by Crippen LogP contribution is -2.55. The van der Waals surface area contributed by atoms with Gasteiger partial charge in [-0.2, -0.15) is 0 Å². The Labute approximate surface area is 218 Å². The second kappa shape index (κ2) is 14.7. The summed E-state index contributed by atoms with van der Waals surface area (Å²) < 4.78 is 5.44. The van der Waals surface area contributed by atoms with Gasteiger partial charge in [0.1, 0.15) is 17.7 Å². The lowest BCUT2D eigenvalue weighted by molar-refractivity contribution is -0.142. The molecule has 7 heteroatoms. The maximum absolute atomic E-state index is 14.1. The normalized spacial score (nSPS) is 13.8. The number of unbranched alkanes of at least 4 members (excludes halogenated alkanes) is 2. The van der Waals surface area contributed by atoms with Gasteiger partial charge in [-0.1, -0.05) is 69.9 Å². The summed E-state index contributed by atoms with van der Waals surface area (Å²) in [5.41, 5.74) is 1.97. The number of amides is 3. The van der Waals surface area contributed by atoms with Gasteiger partial charge in [-0.3, -0.25) is 9.59 Å². The summed E-state index contributed by atoms with van der Waals surface area (Å²) in [6.45, 7) is 19.7. The molecular weight excluding hydrogens is 454 g/mol. The maximum Gasteiger partial charge on any atom is 0.408 e. The molecule has 2 N–H and O–H groups in total. The van der Waals surface area contributed by atoms with E-state index in [-0.39, 0.29) is 24.3 Å². The van der Waals surface area contributed by atoms with Gasteiger partial charge >= 0.3 is 6.09 Å². The third-order valence-corrected chi connectivity index (χ3v) is 6.13. The molecule has 0 aromatic heterocycles. The van der Waals surface area contributed by atoms with Crippen molar-refractivity contribution >= 4 is 17.9 Å². The first-order valence-corrected chi connectivity index (χ1v) is 13.1. The van der Waals surface area contributed by atoms with E-state index in [1.807, 2.05) is 45.9 Å². The molecule has 0 aliphatic heterocycles. The van der Waals surface area contributed by atoms with Crippen LogP contribution in [-0.4, -0.2) is 47.5 Å². The molecule has 0 spiro atoms. The van der Waals surface area contributed by atoms with Crippen molar-refractivity contribution in [3.63, 3.8) is 0 Å². The molecule has 0 aliphatic carbocycles. The topological polar surface area (TPSA) is 87.7 Å². The van der Waals surface area contributed by atoms with Gasteiger partial charge < -0.3 is 20.3 Å². The van der Waals surface area contributed by atoms with Gasteiger partial charge in [0, 0.05) is 13.1 Å². The predicted octanol–water partition coefficient (Wildman–Crippen LogP) is 5.60. The summed E-state index contributed by atoms with van der Waals surface area (Å²) in [6, 6.07) is 4.19. The molecule has 1 aromatic carbocycles. The average Bonchev–Trinajstić information content (AvgIpc) is 2.80. The van der Waals surface area contributed by atoms with E-state index in [4.69, 9.17) is 4.74 Å². The highest BCUT2D eigenvalue weighted by molar-refractivity contribution is 5.92. The Bertz CT molecular complexity index is 891. The van der Waals surface area contributed by atoms with E-state index in [0.717, 1.165) is 36.0 Å². The van der Waals surface area contributed by atoms with Crippen LogP contribution in [0.1, 0.15) is 90.0 Å². The first-order valence-electron chi connectivity index (χ1n) is 13.1. The van der Waals surface area contributed by atoms with Crippen LogP contribution in [0.3, 0.4) is 0 Å². The molecule has 1 rings (SSSR count). The first kappa shape index (κ1) is 31.2. The van der Waals surface area contributed by atoms with Crippen LogP contribution >= 0.6 is 0 Å². The van der Waals surface area contributed by atoms with Crippen LogP contribution in [0.5, 0.6) is 0 Å². The quantitative estimate of drug-likeness (QED) is 0.272. The Morgan fingerprint density at radius 3 is 2.36 bits per heavy atom. The number of ether oxygens (including phenoxy) is 1. The molecular formula is C29H47N3O4. The molecule has 3 amide bonds. The van der Waals surface area contributed by atoms with E-state index in [1.165, 1.54) is 4.90 Å². The summed E-state index contributed by atoms with van der Waals surface area (Å²) >= 11 is 0. The van der Waals surface area contributed by atoms with Crippen LogP contribution in [-0.2, 0) is 14.3 Å². The third-order valence-electron chi connectivity index (χ3n) is 6.13. The number of aryl methyl sites for hydroxylation is 2. The van der Waals surface area contributed by atoms with E-state index in [2.05, 4.69) is 24.1 Å². The number of carbonyl (C=O) groups is 3. The average molecular weight is 502 g/mol. The zero-order valence-corrected chi connectivity index (χ0v) is 23.6. The highest BCUT2D eigenvalue weighted by Gasteiger charge is 2.38. The van der Waals surface area contributed by atoms with E-state index in [1.54, 1.807) is 26.8 Å². The van der Waals surface area contributed by atoms with Crippen molar-refractivity contribution in [2.45, 2.75) is 98.8 Å². The van der Waals surface area contributed by atoms with Crippen molar-refractivity contribution in [1.82, 2.24) is 15.5 Å². The molecule has 202 valence electrons. The SMILES string of the molecule is C=CCN(C(=O)C(NC(=O)OC(C)(C)C)C(C)CC)C(C(=O)NCCCCC)c1cc(C)ccc1C. The second-order valence-electron chi connectivity index (χ2n) is 10.5. The number of rotatable bonds is 13. The molecule has 0 aliphatic rings. The van der Waals surface area contributed by atoms with Crippen molar-refractivity contribution in [2.24, 2.45) is 5.92 Å². The number of nitrogens with zero attached hydrogens (tertiary/aromatic N) is 1. The van der Waals surface area contributed by atoms with Crippen LogP contribution in [0.2, 0.25) is 0 Å². The largest absolute Gasteiger partial charge is 0.444 e. The van der Waals surface area contributed by atoms with Crippen molar-refractivity contribution in [2.75, 3.05) is 13.1 Å². The highest BCUT2D eigenvalue weighted by atomic mass is 16.6. The first-order chi connectivity index (χ1) is 16.9. The molecule has 3 unspecified atom stereocenters. The van der Waals surface area contributed by atoms with Crippen molar-refractivity contribution < 1.29 is 19.1 Å². The number of carbonyl (C=O) groups excluding carboxylic acids is 3. The van der Waals surface area contributed by atoms with E-state index in [9.17, 15) is 14.4 Å². The molecule has 1 aromatic rings. The smallest absolute Gasteiger partial charge is 0.408 e. The summed E-state index contributed by atoms with van der Waals surface area (Å²) in [5, 5.41) is 5.81. The van der Waals surface area contributed by atoms with Crippen molar-refractivity contribution in [1.29, 1.82) is 0 Å². The zero-order chi connectivity index (χ0) is 27.5. The van der Waals surface area contributed by atoms with E-state index < -0.39 is 23.8 Å². The van der Waals surface area contributed by atoms with Gasteiger partial charge in [0.15, 0.2) is 0 Å². The molecule has 0 heterocycles. The summed E-state index contributed by atoms with van der Waals surface area (Å²) in [4.78, 5) is 41.8. The zero-order valence-electron chi connectivity index (χ0n) is 23.6. The van der Waals surface area contributed by atoms with Gasteiger partial charge in [0.25, 0.3) is 0 Å². The molecule has 7 nitrogen and oxygen atoms in total. The van der Waals surface area contributed by atoms with Crippen molar-refractivity contribution in [3.8, 4) is 0 Å². The van der Waals surface area contributed by atoms with Crippen LogP contribution < -0.4 is 10.6 Å². The van der Waals surface area contributed by atoms with Crippen molar-refractivity contribution in [3.05, 3.63) is 47.5 Å². The van der Waals surface area contributed by atoms with Crippen LogP contribution in [0.15, 0.2) is 30.9 Å². The Morgan fingerprint density at radius 2 is 1.81 bits per heavy atom. The fraction of sp³-hybridized carbons (Fsp3) is 0.621. The number of hydrogen-bond acceptors (Lipinski definition) is 4. The second-order valence-corrected chi connectivity index (χ2v) is 10.5. The highest BCUT2D eigenvalue weighted by Crippen LogP contribution is 2.28. The molecule has 3 atom stereocenters. The van der Waals surface area contributed by atoms with Gasteiger partial charge in [0.2, 0.25) is 11.8 Å². The lowest BCUT2D eigenvalue weighted by Gasteiger charge is -2.36. The van der Waals surface area contributed by atoms with Gasteiger partial charge in [-0.15, -0.1) is 6.58 Å². The Hall–Kier alpha value is -2.83. The minimum Gasteiger partial charge on any atom is -0.444 e. The molecule has 36 heavy (non-hydrogen) atoms. The maximum atomic E-state index is 14.1. The lowest BCUT2D eigenvalue weighted by atomic mass is 9.93. The fourth-order valence-corrected chi connectivity index (χ4v) is 3.95. The number of alkyl carbamates (subject to hydrolysis) is 1. The Kier molecular flexibility index (Phi) is 12.7. The molecule has 0 fully saturated rings. The molecule has 0 saturated heterocycles.